The van der Waals surface area contributed by atoms with Gasteiger partial charge in [-0.15, -0.1) is 0 Å². The summed E-state index contributed by atoms with van der Waals surface area (Å²) >= 11 is 1.72. The van der Waals surface area contributed by atoms with Gasteiger partial charge in [0, 0.05) is 36.4 Å². The summed E-state index contributed by atoms with van der Waals surface area (Å²) in [6.45, 7) is 7.38. The van der Waals surface area contributed by atoms with E-state index in [4.69, 9.17) is 5.73 Å². The predicted molar refractivity (Wildman–Crippen MR) is 75.0 cm³/mol. The van der Waals surface area contributed by atoms with Gasteiger partial charge in [0.1, 0.15) is 5.37 Å². The van der Waals surface area contributed by atoms with Crippen LogP contribution in [0.3, 0.4) is 0 Å². The SMILES string of the molecule is CCS(=O)(=O)C1CSCCN1C[C@H](N)C(C)C. The van der Waals surface area contributed by atoms with E-state index in [0.717, 1.165) is 12.3 Å². The van der Waals surface area contributed by atoms with Gasteiger partial charge < -0.3 is 5.73 Å². The van der Waals surface area contributed by atoms with Crippen LogP contribution in [0, 0.1) is 5.92 Å². The summed E-state index contributed by atoms with van der Waals surface area (Å²) in [5, 5.41) is -0.337. The normalized spacial score (nSPS) is 25.1. The molecule has 1 unspecified atom stereocenters. The molecule has 0 aromatic rings. The maximum absolute atomic E-state index is 12.0. The predicted octanol–water partition coefficient (Wildman–Crippen LogP) is 0.779. The zero-order valence-electron chi connectivity index (χ0n) is 10.9. The van der Waals surface area contributed by atoms with Gasteiger partial charge >= 0.3 is 0 Å². The number of rotatable bonds is 5. The van der Waals surface area contributed by atoms with E-state index in [-0.39, 0.29) is 17.2 Å². The molecular weight excluding hydrogens is 256 g/mol. The highest BCUT2D eigenvalue weighted by molar-refractivity contribution is 8.01. The van der Waals surface area contributed by atoms with Crippen LogP contribution in [0.4, 0.5) is 0 Å². The van der Waals surface area contributed by atoms with Gasteiger partial charge in [-0.05, 0) is 5.92 Å². The van der Waals surface area contributed by atoms with Gasteiger partial charge in [-0.1, -0.05) is 20.8 Å². The Morgan fingerprint density at radius 2 is 2.12 bits per heavy atom. The van der Waals surface area contributed by atoms with Crippen LogP contribution in [0.15, 0.2) is 0 Å². The standard InChI is InChI=1S/C11H24N2O2S2/c1-4-17(14,15)11-8-16-6-5-13(11)7-10(12)9(2)3/h9-11H,4-8,12H2,1-3H3/t10-,11?/m0/s1. The zero-order chi connectivity index (χ0) is 13.1. The maximum atomic E-state index is 12.0. The summed E-state index contributed by atoms with van der Waals surface area (Å²) in [6, 6.07) is 0.0488. The second-order valence-corrected chi connectivity index (χ2v) is 8.48. The number of hydrogen-bond donors (Lipinski definition) is 1. The fourth-order valence-corrected chi connectivity index (χ4v) is 4.92. The molecule has 0 saturated carbocycles. The number of sulfone groups is 1. The molecule has 0 amide bonds. The first kappa shape index (κ1) is 15.3. The van der Waals surface area contributed by atoms with Crippen LogP contribution in [0.5, 0.6) is 0 Å². The van der Waals surface area contributed by atoms with Crippen molar-refractivity contribution in [3.05, 3.63) is 0 Å². The van der Waals surface area contributed by atoms with Crippen LogP contribution >= 0.6 is 11.8 Å². The average Bonchev–Trinajstić information content (AvgIpc) is 2.29. The lowest BCUT2D eigenvalue weighted by atomic mass is 10.1. The second-order valence-electron chi connectivity index (χ2n) is 4.88. The molecule has 0 bridgehead atoms. The topological polar surface area (TPSA) is 63.4 Å². The highest BCUT2D eigenvalue weighted by atomic mass is 32.2. The average molecular weight is 280 g/mol. The Labute approximate surface area is 109 Å². The zero-order valence-corrected chi connectivity index (χ0v) is 12.6. The Morgan fingerprint density at radius 3 is 2.65 bits per heavy atom. The minimum Gasteiger partial charge on any atom is -0.326 e. The minimum absolute atomic E-state index is 0.0488. The molecule has 1 aliphatic rings. The maximum Gasteiger partial charge on any atom is 0.166 e. The molecule has 17 heavy (non-hydrogen) atoms. The molecule has 4 nitrogen and oxygen atoms in total. The minimum atomic E-state index is -2.99. The van der Waals surface area contributed by atoms with Crippen molar-refractivity contribution in [1.29, 1.82) is 0 Å². The van der Waals surface area contributed by atoms with Crippen LogP contribution in [-0.4, -0.2) is 55.1 Å². The van der Waals surface area contributed by atoms with E-state index < -0.39 is 9.84 Å². The van der Waals surface area contributed by atoms with Crippen molar-refractivity contribution in [2.45, 2.75) is 32.2 Å². The van der Waals surface area contributed by atoms with Crippen molar-refractivity contribution in [1.82, 2.24) is 4.90 Å². The molecule has 102 valence electrons. The molecule has 2 N–H and O–H groups in total. The highest BCUT2D eigenvalue weighted by Gasteiger charge is 2.33. The van der Waals surface area contributed by atoms with Gasteiger partial charge in [-0.25, -0.2) is 8.42 Å². The largest absolute Gasteiger partial charge is 0.326 e. The molecule has 1 aliphatic heterocycles. The first-order chi connectivity index (χ1) is 7.88. The molecule has 1 saturated heterocycles. The highest BCUT2D eigenvalue weighted by Crippen LogP contribution is 2.22. The van der Waals surface area contributed by atoms with E-state index in [0.29, 0.717) is 18.2 Å². The molecule has 0 spiro atoms. The van der Waals surface area contributed by atoms with Gasteiger partial charge in [-0.3, -0.25) is 4.90 Å². The number of nitrogens with zero attached hydrogens (tertiary/aromatic N) is 1. The fourth-order valence-electron chi connectivity index (χ4n) is 1.83. The summed E-state index contributed by atoms with van der Waals surface area (Å²) in [7, 11) is -2.99. The van der Waals surface area contributed by atoms with Crippen LogP contribution < -0.4 is 5.73 Å². The lowest BCUT2D eigenvalue weighted by Crippen LogP contribution is -2.52. The first-order valence-corrected chi connectivity index (χ1v) is 9.04. The van der Waals surface area contributed by atoms with Crippen molar-refractivity contribution in [3.63, 3.8) is 0 Å². The number of thioether (sulfide) groups is 1. The van der Waals surface area contributed by atoms with Crippen molar-refractivity contribution >= 4 is 21.6 Å². The Bertz CT molecular complexity index is 330. The summed E-state index contributed by atoms with van der Waals surface area (Å²) in [4.78, 5) is 2.06. The molecule has 1 heterocycles. The van der Waals surface area contributed by atoms with Gasteiger partial charge in [0.15, 0.2) is 9.84 Å². The Kier molecular flexibility index (Phi) is 5.76. The molecule has 0 radical (unpaired) electrons. The molecule has 6 heteroatoms. The molecule has 0 aliphatic carbocycles. The van der Waals surface area contributed by atoms with Crippen molar-refractivity contribution in [3.8, 4) is 0 Å². The van der Waals surface area contributed by atoms with Gasteiger partial charge in [0.2, 0.25) is 0 Å². The van der Waals surface area contributed by atoms with E-state index in [1.807, 2.05) is 0 Å². The van der Waals surface area contributed by atoms with Crippen molar-refractivity contribution in [2.75, 3.05) is 30.3 Å². The van der Waals surface area contributed by atoms with E-state index in [1.54, 1.807) is 18.7 Å². The van der Waals surface area contributed by atoms with Crippen LogP contribution in [0.25, 0.3) is 0 Å². The van der Waals surface area contributed by atoms with E-state index in [9.17, 15) is 8.42 Å². The van der Waals surface area contributed by atoms with Crippen LogP contribution in [0.2, 0.25) is 0 Å². The van der Waals surface area contributed by atoms with Gasteiger partial charge in [0.05, 0.1) is 0 Å². The van der Waals surface area contributed by atoms with Gasteiger partial charge in [-0.2, -0.15) is 11.8 Å². The summed E-state index contributed by atoms with van der Waals surface area (Å²) in [6.07, 6.45) is 0. The summed E-state index contributed by atoms with van der Waals surface area (Å²) < 4.78 is 24.0. The van der Waals surface area contributed by atoms with Gasteiger partial charge in [0.25, 0.3) is 0 Å². The molecule has 1 rings (SSSR count). The fraction of sp³-hybridized carbons (Fsp3) is 1.00. The number of nitrogens with two attached hydrogens (primary N) is 1. The number of hydrogen-bond acceptors (Lipinski definition) is 5. The quantitative estimate of drug-likeness (QED) is 0.806. The Hall–Kier alpha value is 0.220. The monoisotopic (exact) mass is 280 g/mol. The Morgan fingerprint density at radius 1 is 1.47 bits per heavy atom. The first-order valence-electron chi connectivity index (χ1n) is 6.17. The third kappa shape index (κ3) is 4.12. The molecule has 1 fully saturated rings. The van der Waals surface area contributed by atoms with E-state index in [1.165, 1.54) is 0 Å². The summed E-state index contributed by atoms with van der Waals surface area (Å²) in [5.74, 6) is 2.28. The molecule has 0 aromatic heterocycles. The third-order valence-electron chi connectivity index (χ3n) is 3.31. The second kappa shape index (κ2) is 6.41. The lowest BCUT2D eigenvalue weighted by molar-refractivity contribution is 0.234. The van der Waals surface area contributed by atoms with E-state index in [2.05, 4.69) is 18.7 Å². The molecular formula is C11H24N2O2S2. The van der Waals surface area contributed by atoms with Crippen LogP contribution in [0.1, 0.15) is 20.8 Å². The Balaban J connectivity index is 2.73. The smallest absolute Gasteiger partial charge is 0.166 e. The summed E-state index contributed by atoms with van der Waals surface area (Å²) in [5.41, 5.74) is 6.05. The lowest BCUT2D eigenvalue weighted by Gasteiger charge is -2.36. The van der Waals surface area contributed by atoms with Crippen LogP contribution in [-0.2, 0) is 9.84 Å². The van der Waals surface area contributed by atoms with Crippen molar-refractivity contribution in [2.24, 2.45) is 11.7 Å². The van der Waals surface area contributed by atoms with E-state index >= 15 is 0 Å². The third-order valence-corrected chi connectivity index (χ3v) is 6.64. The molecule has 2 atom stereocenters. The van der Waals surface area contributed by atoms with Crippen molar-refractivity contribution < 1.29 is 8.42 Å². The molecule has 0 aromatic carbocycles.